The van der Waals surface area contributed by atoms with Gasteiger partial charge in [0.2, 0.25) is 5.82 Å². The van der Waals surface area contributed by atoms with Crippen molar-refractivity contribution in [3.63, 3.8) is 0 Å². The third-order valence-corrected chi connectivity index (χ3v) is 5.70. The number of imidazole rings is 1. The van der Waals surface area contributed by atoms with Gasteiger partial charge in [-0.1, -0.05) is 32.6 Å². The molecule has 2 aromatic heterocycles. The Hall–Kier alpha value is -2.12. The Morgan fingerprint density at radius 3 is 2.16 bits per heavy atom. The second-order valence-corrected chi connectivity index (χ2v) is 9.28. The summed E-state index contributed by atoms with van der Waals surface area (Å²) in [5.74, 6) is -14.3. The third kappa shape index (κ3) is 5.26. The number of halogens is 7. The number of fused-ring (bicyclic) bond motifs is 1. The third-order valence-electron chi connectivity index (χ3n) is 4.62. The van der Waals surface area contributed by atoms with Gasteiger partial charge in [-0.2, -0.15) is 35.5 Å². The first-order valence-corrected chi connectivity index (χ1v) is 11.6. The molecule has 0 N–H and O–H groups in total. The summed E-state index contributed by atoms with van der Waals surface area (Å²) >= 11 is 0. The maximum Gasteiger partial charge on any atom is 0.460 e. The van der Waals surface area contributed by atoms with Gasteiger partial charge in [0, 0.05) is 12.5 Å². The lowest BCUT2D eigenvalue weighted by Gasteiger charge is -2.27. The van der Waals surface area contributed by atoms with E-state index in [1.165, 1.54) is 0 Å². The fourth-order valence-corrected chi connectivity index (χ4v) is 3.38. The van der Waals surface area contributed by atoms with E-state index in [-0.39, 0.29) is 11.3 Å². The zero-order valence-corrected chi connectivity index (χ0v) is 18.0. The summed E-state index contributed by atoms with van der Waals surface area (Å²) in [5.41, 5.74) is -1.25. The van der Waals surface area contributed by atoms with Crippen LogP contribution in [0, 0.1) is 0 Å². The highest BCUT2D eigenvalue weighted by Crippen LogP contribution is 2.51. The summed E-state index contributed by atoms with van der Waals surface area (Å²) in [6, 6.07) is 0.775. The van der Waals surface area contributed by atoms with Gasteiger partial charge in [-0.15, -0.1) is 0 Å². The highest BCUT2D eigenvalue weighted by atomic mass is 32.2. The van der Waals surface area contributed by atoms with E-state index in [4.69, 9.17) is 4.84 Å². The van der Waals surface area contributed by atoms with Gasteiger partial charge in [0.05, 0.1) is 4.90 Å². The molecule has 0 saturated carbocycles. The van der Waals surface area contributed by atoms with Crippen molar-refractivity contribution >= 4 is 21.0 Å². The van der Waals surface area contributed by atoms with E-state index in [1.807, 2.05) is 6.92 Å². The van der Waals surface area contributed by atoms with Gasteiger partial charge in [-0.05, 0) is 18.9 Å². The van der Waals surface area contributed by atoms with E-state index in [0.717, 1.165) is 44.2 Å². The van der Waals surface area contributed by atoms with E-state index in [1.54, 1.807) is 0 Å². The summed E-state index contributed by atoms with van der Waals surface area (Å²) in [6.07, 6.45) is -0.510. The molecule has 182 valence electrons. The number of hydrogen-bond donors (Lipinski definition) is 0. The average molecular weight is 493 g/mol. The molecular weight excluding hydrogens is 471 g/mol. The molecule has 0 unspecified atom stereocenters. The first-order valence-electron chi connectivity index (χ1n) is 9.69. The highest BCUT2D eigenvalue weighted by molar-refractivity contribution is 7.90. The number of hydrogen-bond acceptors (Lipinski definition) is 5. The smallest absolute Gasteiger partial charge is 0.412 e. The Labute approximate surface area is 179 Å². The van der Waals surface area contributed by atoms with Crippen molar-refractivity contribution in [2.75, 3.05) is 12.9 Å². The number of nitrogens with zero attached hydrogens (tertiary/aromatic N) is 3. The first-order chi connectivity index (χ1) is 14.6. The number of alkyl halides is 7. The summed E-state index contributed by atoms with van der Waals surface area (Å²) in [7, 11) is -3.90. The standard InChI is InChI=1S/C18H22F7N3O3S/c1-3-4-5-6-7-8-9-31-28-13-10-12(32(2,29)30)11-26-14(13)27-15(28)16(19,20)17(21,22)18(23,24)25/h10-11H,3-9H2,1-2H3. The minimum absolute atomic E-state index is 0.0166. The van der Waals surface area contributed by atoms with Crippen LogP contribution in [-0.2, 0) is 15.8 Å². The second kappa shape index (κ2) is 9.40. The molecule has 0 fully saturated rings. The number of rotatable bonds is 11. The molecular formula is C18H22F7N3O3S. The Morgan fingerprint density at radius 1 is 1.00 bits per heavy atom. The van der Waals surface area contributed by atoms with Gasteiger partial charge in [0.25, 0.3) is 0 Å². The number of aromatic nitrogens is 3. The molecule has 14 heteroatoms. The molecule has 32 heavy (non-hydrogen) atoms. The van der Waals surface area contributed by atoms with Crippen LogP contribution in [0.1, 0.15) is 51.3 Å². The van der Waals surface area contributed by atoms with E-state index < -0.39 is 49.7 Å². The van der Waals surface area contributed by atoms with Gasteiger partial charge >= 0.3 is 18.0 Å². The van der Waals surface area contributed by atoms with Crippen LogP contribution in [0.15, 0.2) is 17.2 Å². The quantitative estimate of drug-likeness (QED) is 0.329. The van der Waals surface area contributed by atoms with Crippen LogP contribution in [0.25, 0.3) is 11.2 Å². The van der Waals surface area contributed by atoms with Crippen molar-refractivity contribution in [2.45, 2.75) is 68.4 Å². The fourth-order valence-electron chi connectivity index (χ4n) is 2.81. The Morgan fingerprint density at radius 2 is 1.59 bits per heavy atom. The van der Waals surface area contributed by atoms with Gasteiger partial charge < -0.3 is 4.84 Å². The van der Waals surface area contributed by atoms with Crippen LogP contribution in [0.2, 0.25) is 0 Å². The predicted octanol–water partition coefficient (Wildman–Crippen LogP) is 4.91. The minimum Gasteiger partial charge on any atom is -0.412 e. The van der Waals surface area contributed by atoms with E-state index in [2.05, 4.69) is 9.97 Å². The van der Waals surface area contributed by atoms with Crippen LogP contribution in [0.5, 0.6) is 0 Å². The minimum atomic E-state index is -6.58. The molecule has 2 heterocycles. The Balaban J connectivity index is 2.49. The normalized spacial score (nSPS) is 13.7. The van der Waals surface area contributed by atoms with Crippen LogP contribution in [0.4, 0.5) is 30.7 Å². The van der Waals surface area contributed by atoms with Crippen LogP contribution >= 0.6 is 0 Å². The number of sulfone groups is 1. The van der Waals surface area contributed by atoms with Crippen LogP contribution in [0.3, 0.4) is 0 Å². The highest BCUT2D eigenvalue weighted by Gasteiger charge is 2.75. The Bertz CT molecular complexity index is 1040. The van der Waals surface area contributed by atoms with Gasteiger partial charge in [-0.25, -0.2) is 18.4 Å². The Kier molecular flexibility index (Phi) is 7.67. The summed E-state index contributed by atoms with van der Waals surface area (Å²) in [5, 5.41) is 0. The zero-order valence-electron chi connectivity index (χ0n) is 17.2. The van der Waals surface area contributed by atoms with Crippen LogP contribution in [-0.4, -0.2) is 48.1 Å². The van der Waals surface area contributed by atoms with E-state index in [0.29, 0.717) is 12.8 Å². The monoisotopic (exact) mass is 493 g/mol. The van der Waals surface area contributed by atoms with E-state index >= 15 is 0 Å². The van der Waals surface area contributed by atoms with Crippen molar-refractivity contribution in [1.29, 1.82) is 0 Å². The molecule has 0 aromatic carbocycles. The molecule has 2 rings (SSSR count). The lowest BCUT2D eigenvalue weighted by Crippen LogP contribution is -2.51. The lowest BCUT2D eigenvalue weighted by atomic mass is 10.1. The fraction of sp³-hybridized carbons (Fsp3) is 0.667. The maximum atomic E-state index is 14.4. The molecule has 0 bridgehead atoms. The second-order valence-electron chi connectivity index (χ2n) is 7.26. The first kappa shape index (κ1) is 26.1. The largest absolute Gasteiger partial charge is 0.460 e. The molecule has 0 aliphatic carbocycles. The van der Waals surface area contributed by atoms with E-state index in [9.17, 15) is 39.2 Å². The van der Waals surface area contributed by atoms with Gasteiger partial charge in [-0.3, -0.25) is 0 Å². The lowest BCUT2D eigenvalue weighted by molar-refractivity contribution is -0.362. The summed E-state index contributed by atoms with van der Waals surface area (Å²) in [6.45, 7) is 1.70. The zero-order chi connectivity index (χ0) is 24.4. The van der Waals surface area contributed by atoms with Crippen LogP contribution < -0.4 is 4.84 Å². The maximum absolute atomic E-state index is 14.4. The molecule has 0 amide bonds. The molecule has 0 spiro atoms. The summed E-state index contributed by atoms with van der Waals surface area (Å²) in [4.78, 5) is 11.3. The summed E-state index contributed by atoms with van der Waals surface area (Å²) < 4.78 is 118. The number of pyridine rings is 1. The molecule has 0 radical (unpaired) electrons. The number of unbranched alkanes of at least 4 members (excludes halogenated alkanes) is 5. The van der Waals surface area contributed by atoms with Crippen molar-refractivity contribution in [2.24, 2.45) is 0 Å². The predicted molar refractivity (Wildman–Crippen MR) is 100 cm³/mol. The van der Waals surface area contributed by atoms with Crippen molar-refractivity contribution in [3.8, 4) is 0 Å². The molecule has 0 atom stereocenters. The molecule has 2 aromatic rings. The average Bonchev–Trinajstić information content (AvgIpc) is 3.04. The molecule has 0 aliphatic rings. The van der Waals surface area contributed by atoms with Crippen molar-refractivity contribution in [3.05, 3.63) is 18.1 Å². The van der Waals surface area contributed by atoms with Gasteiger partial charge in [0.1, 0.15) is 12.1 Å². The van der Waals surface area contributed by atoms with Gasteiger partial charge in [0.15, 0.2) is 15.5 Å². The topological polar surface area (TPSA) is 74.1 Å². The van der Waals surface area contributed by atoms with Crippen molar-refractivity contribution < 1.29 is 44.0 Å². The van der Waals surface area contributed by atoms with Crippen molar-refractivity contribution in [1.82, 2.24) is 14.7 Å². The molecule has 0 saturated heterocycles. The molecule has 6 nitrogen and oxygen atoms in total. The SMILES string of the molecule is CCCCCCCCOn1c(C(F)(F)C(F)(F)C(F)(F)F)nc2ncc(S(C)(=O)=O)cc21. The molecule has 0 aliphatic heterocycles.